The summed E-state index contributed by atoms with van der Waals surface area (Å²) >= 11 is 4.87. The summed E-state index contributed by atoms with van der Waals surface area (Å²) < 4.78 is 5.38. The topological polar surface area (TPSA) is 64.7 Å². The minimum atomic E-state index is -0.678. The van der Waals surface area contributed by atoms with Crippen LogP contribution in [0.5, 0.6) is 0 Å². The lowest BCUT2D eigenvalue weighted by Gasteiger charge is -2.42. The number of carbonyl (C=O) groups excluding carboxylic acids is 1. The zero-order valence-electron chi connectivity index (χ0n) is 17.6. The third-order valence-corrected chi connectivity index (χ3v) is 8.55. The van der Waals surface area contributed by atoms with Gasteiger partial charge in [0.25, 0.3) is 0 Å². The predicted molar refractivity (Wildman–Crippen MR) is 132 cm³/mol. The lowest BCUT2D eigenvalue weighted by atomic mass is 9.96. The number of thiophene rings is 2. The van der Waals surface area contributed by atoms with E-state index in [9.17, 15) is 4.79 Å². The highest BCUT2D eigenvalue weighted by atomic mass is 32.2. The van der Waals surface area contributed by atoms with Gasteiger partial charge in [0.15, 0.2) is 16.8 Å². The summed E-state index contributed by atoms with van der Waals surface area (Å²) in [5.74, 6) is -0.0838. The molecular formula is C23H26N3O2S3+. The Morgan fingerprint density at radius 1 is 1.16 bits per heavy atom. The van der Waals surface area contributed by atoms with Crippen molar-refractivity contribution in [1.82, 2.24) is 4.59 Å². The molecular weight excluding hydrogens is 446 g/mol. The van der Waals surface area contributed by atoms with E-state index >= 15 is 0 Å². The number of nitrogens with zero attached hydrogens (tertiary/aromatic N) is 2. The average molecular weight is 473 g/mol. The molecule has 1 aromatic carbocycles. The lowest BCUT2D eigenvalue weighted by molar-refractivity contribution is -0.143. The maximum Gasteiger partial charge on any atom is 0.375 e. The molecule has 0 aliphatic carbocycles. The van der Waals surface area contributed by atoms with Gasteiger partial charge in [-0.15, -0.1) is 11.3 Å². The molecule has 0 saturated carbocycles. The highest BCUT2D eigenvalue weighted by Gasteiger charge is 2.66. The van der Waals surface area contributed by atoms with Crippen LogP contribution in [0.2, 0.25) is 0 Å². The largest absolute Gasteiger partial charge is 0.375 e. The van der Waals surface area contributed by atoms with E-state index in [1.165, 1.54) is 0 Å². The zero-order valence-corrected chi connectivity index (χ0v) is 20.0. The maximum absolute atomic E-state index is 14.2. The Hall–Kier alpha value is -1.81. The first-order chi connectivity index (χ1) is 15.1. The third-order valence-electron chi connectivity index (χ3n) is 5.64. The minimum Gasteiger partial charge on any atom is -0.367 e. The smallest absolute Gasteiger partial charge is 0.367 e. The van der Waals surface area contributed by atoms with Gasteiger partial charge in [-0.25, -0.2) is 4.79 Å². The summed E-state index contributed by atoms with van der Waals surface area (Å²) in [6, 6.07) is 14.3. The lowest BCUT2D eigenvalue weighted by Crippen LogP contribution is -2.63. The van der Waals surface area contributed by atoms with Gasteiger partial charge in [-0.3, -0.25) is 0 Å². The molecule has 3 atom stereocenters. The Morgan fingerprint density at radius 2 is 1.90 bits per heavy atom. The van der Waals surface area contributed by atoms with Gasteiger partial charge >= 0.3 is 5.91 Å². The number of thioether (sulfide) groups is 1. The van der Waals surface area contributed by atoms with Gasteiger partial charge in [0.2, 0.25) is 4.87 Å². The number of benzene rings is 1. The number of methoxy groups -OCH3 is 1. The minimum absolute atomic E-state index is 0.0838. The van der Waals surface area contributed by atoms with Crippen LogP contribution in [-0.4, -0.2) is 30.7 Å². The third kappa shape index (κ3) is 3.71. The maximum atomic E-state index is 14.2. The van der Waals surface area contributed by atoms with Crippen LogP contribution in [0, 0.1) is 0 Å². The number of hydrogen-bond donors (Lipinski definition) is 1. The van der Waals surface area contributed by atoms with Gasteiger partial charge in [-0.05, 0) is 48.5 Å². The molecule has 162 valence electrons. The van der Waals surface area contributed by atoms with E-state index in [0.717, 1.165) is 28.3 Å². The van der Waals surface area contributed by atoms with Crippen molar-refractivity contribution < 1.29 is 9.53 Å². The van der Waals surface area contributed by atoms with Crippen LogP contribution in [0.3, 0.4) is 0 Å². The molecule has 5 nitrogen and oxygen atoms in total. The molecule has 8 heteroatoms. The Kier molecular flexibility index (Phi) is 6.76. The highest BCUT2D eigenvalue weighted by molar-refractivity contribution is 8.15. The molecule has 0 saturated heterocycles. The number of hydrogen-bond acceptors (Lipinski definition) is 7. The number of ether oxygens (including phenoxy) is 1. The molecule has 0 bridgehead atoms. The summed E-state index contributed by atoms with van der Waals surface area (Å²) in [4.78, 5) is 13.5. The standard InChI is InChI=1S/C23H26N3O2S3/c1-17(28-2)22(27)26(20-10-14-30-16-20)23(11-6-12-24,19-7-4-3-5-8-19)31-21(25-26)18-9-13-29-15-18/h3-5,7-10,13-17H,6,11-12,24H2,1-2H3/q+1/t17-,23?,26?/m0/s1. The van der Waals surface area contributed by atoms with Crippen LogP contribution in [-0.2, 0) is 14.4 Å². The normalized spacial score (nSPS) is 24.2. The van der Waals surface area contributed by atoms with E-state index in [1.807, 2.05) is 40.4 Å². The van der Waals surface area contributed by atoms with Gasteiger partial charge in [0.1, 0.15) is 0 Å². The van der Waals surface area contributed by atoms with Gasteiger partial charge in [-0.1, -0.05) is 40.0 Å². The van der Waals surface area contributed by atoms with Crippen LogP contribution in [0.1, 0.15) is 30.9 Å². The van der Waals surface area contributed by atoms with Crippen LogP contribution < -0.4 is 10.3 Å². The van der Waals surface area contributed by atoms with Crippen molar-refractivity contribution in [3.8, 4) is 0 Å². The Labute approximate surface area is 195 Å². The quantitative estimate of drug-likeness (QED) is 0.447. The fourth-order valence-electron chi connectivity index (χ4n) is 4.04. The van der Waals surface area contributed by atoms with Crippen LogP contribution in [0.25, 0.3) is 0 Å². The summed E-state index contributed by atoms with van der Waals surface area (Å²) in [6.45, 7) is 2.34. The molecule has 2 aromatic heterocycles. The second-order valence-corrected chi connectivity index (χ2v) is 10.2. The van der Waals surface area contributed by atoms with Crippen molar-refractivity contribution in [1.29, 1.82) is 0 Å². The number of quaternary nitrogens is 1. The van der Waals surface area contributed by atoms with E-state index in [0.29, 0.717) is 13.0 Å². The molecule has 0 spiro atoms. The SMILES string of the molecule is CO[C@@H](C)C(=O)[N+]1(c2ccsc2)N=C(c2ccsc2)SC1(CCCN)c1ccccc1. The van der Waals surface area contributed by atoms with Gasteiger partial charge < -0.3 is 10.5 Å². The summed E-state index contributed by atoms with van der Waals surface area (Å²) in [6.07, 6.45) is 0.854. The number of carbonyl (C=O) groups is 1. The summed E-state index contributed by atoms with van der Waals surface area (Å²) in [7, 11) is 1.57. The van der Waals surface area contributed by atoms with Crippen molar-refractivity contribution >= 4 is 51.1 Å². The second-order valence-electron chi connectivity index (χ2n) is 7.40. The highest BCUT2D eigenvalue weighted by Crippen LogP contribution is 2.58. The molecule has 0 radical (unpaired) electrons. The molecule has 1 aliphatic heterocycles. The number of rotatable bonds is 8. The van der Waals surface area contributed by atoms with E-state index in [-0.39, 0.29) is 10.5 Å². The fraction of sp³-hybridized carbons (Fsp3) is 0.304. The average Bonchev–Trinajstić information content (AvgIpc) is 3.57. The zero-order chi connectivity index (χ0) is 21.9. The van der Waals surface area contributed by atoms with Crippen molar-refractivity contribution in [3.63, 3.8) is 0 Å². The van der Waals surface area contributed by atoms with E-state index in [4.69, 9.17) is 15.6 Å². The molecule has 3 aromatic rings. The second kappa shape index (κ2) is 9.36. The van der Waals surface area contributed by atoms with Crippen LogP contribution >= 0.6 is 34.4 Å². The van der Waals surface area contributed by atoms with Crippen LogP contribution in [0.4, 0.5) is 5.69 Å². The van der Waals surface area contributed by atoms with Crippen molar-refractivity contribution in [3.05, 3.63) is 75.1 Å². The van der Waals surface area contributed by atoms with Crippen molar-refractivity contribution in [2.45, 2.75) is 30.7 Å². The predicted octanol–water partition coefficient (Wildman–Crippen LogP) is 5.38. The van der Waals surface area contributed by atoms with E-state index in [2.05, 4.69) is 23.6 Å². The molecule has 1 amide bonds. The first-order valence-electron chi connectivity index (χ1n) is 10.2. The molecule has 2 N–H and O–H groups in total. The van der Waals surface area contributed by atoms with E-state index < -0.39 is 11.0 Å². The molecule has 4 rings (SSSR count). The van der Waals surface area contributed by atoms with Gasteiger partial charge in [-0.2, -0.15) is 11.3 Å². The fourth-order valence-corrected chi connectivity index (χ4v) is 7.01. The number of amides is 1. The summed E-state index contributed by atoms with van der Waals surface area (Å²) in [5.41, 5.74) is 8.94. The Morgan fingerprint density at radius 3 is 2.52 bits per heavy atom. The monoisotopic (exact) mass is 472 g/mol. The first-order valence-corrected chi connectivity index (χ1v) is 12.9. The number of nitrogens with two attached hydrogens (primary N) is 1. The van der Waals surface area contributed by atoms with Crippen molar-refractivity contribution in [2.75, 3.05) is 13.7 Å². The molecule has 0 fully saturated rings. The Bertz CT molecular complexity index is 1040. The van der Waals surface area contributed by atoms with Gasteiger partial charge in [0.05, 0.1) is 5.38 Å². The first kappa shape index (κ1) is 22.4. The Balaban J connectivity index is 2.04. The molecule has 3 heterocycles. The van der Waals surface area contributed by atoms with Crippen LogP contribution in [0.15, 0.2) is 69.1 Å². The molecule has 1 aliphatic rings. The van der Waals surface area contributed by atoms with E-state index in [1.54, 1.807) is 48.5 Å². The summed E-state index contributed by atoms with van der Waals surface area (Å²) in [5, 5.41) is 14.2. The molecule has 2 unspecified atom stereocenters. The van der Waals surface area contributed by atoms with Gasteiger partial charge in [0, 0.05) is 36.1 Å². The van der Waals surface area contributed by atoms with Crippen molar-refractivity contribution in [2.24, 2.45) is 10.8 Å². The molecule has 31 heavy (non-hydrogen) atoms.